The molecule has 3 atom stereocenters. The van der Waals surface area contributed by atoms with Crippen LogP contribution in [0, 0.1) is 0 Å². The average molecular weight is 368 g/mol. The lowest BCUT2D eigenvalue weighted by Gasteiger charge is -2.24. The number of carbonyl (C=O) groups excluding carboxylic acids is 1. The van der Waals surface area contributed by atoms with Crippen LogP contribution in [-0.2, 0) is 16.1 Å². The van der Waals surface area contributed by atoms with E-state index >= 15 is 0 Å². The Bertz CT molecular complexity index is 810. The van der Waals surface area contributed by atoms with Crippen LogP contribution in [0.15, 0.2) is 36.4 Å². The first kappa shape index (κ1) is 18.3. The van der Waals surface area contributed by atoms with Crippen molar-refractivity contribution in [2.24, 2.45) is 0 Å². The molecule has 0 saturated carbocycles. The van der Waals surface area contributed by atoms with Gasteiger partial charge in [0.25, 0.3) is 0 Å². The van der Waals surface area contributed by atoms with E-state index < -0.39 is 0 Å². The molecule has 2 aliphatic rings. The van der Waals surface area contributed by atoms with Gasteiger partial charge in [-0.25, -0.2) is 0 Å². The Morgan fingerprint density at radius 1 is 1.30 bits per heavy atom. The third-order valence-electron chi connectivity index (χ3n) is 5.62. The molecule has 2 aromatic carbocycles. The zero-order valence-corrected chi connectivity index (χ0v) is 16.1. The molecule has 1 N–H and O–H groups in total. The third-order valence-corrected chi connectivity index (χ3v) is 5.62. The molecule has 2 saturated heterocycles. The second-order valence-electron chi connectivity index (χ2n) is 7.57. The van der Waals surface area contributed by atoms with Gasteiger partial charge < -0.3 is 19.7 Å². The Hall–Kier alpha value is -2.11. The van der Waals surface area contributed by atoms with Crippen molar-refractivity contribution in [2.45, 2.75) is 50.9 Å². The molecular weight excluding hydrogens is 340 g/mol. The molecule has 0 aliphatic carbocycles. The number of hydrogen-bond acceptors (Lipinski definition) is 4. The topological polar surface area (TPSA) is 50.8 Å². The molecule has 2 aliphatic heterocycles. The number of nitrogens with one attached hydrogen (secondary N) is 1. The minimum Gasteiger partial charge on any atom is -0.493 e. The van der Waals surface area contributed by atoms with Crippen LogP contribution in [0.3, 0.4) is 0 Å². The van der Waals surface area contributed by atoms with Gasteiger partial charge in [0, 0.05) is 31.8 Å². The monoisotopic (exact) mass is 368 g/mol. The van der Waals surface area contributed by atoms with Gasteiger partial charge in [0.05, 0.1) is 18.8 Å². The van der Waals surface area contributed by atoms with E-state index in [9.17, 15) is 4.79 Å². The van der Waals surface area contributed by atoms with Crippen LogP contribution in [0.5, 0.6) is 5.75 Å². The van der Waals surface area contributed by atoms with Crippen LogP contribution in [-0.4, -0.2) is 49.3 Å². The van der Waals surface area contributed by atoms with Crippen molar-refractivity contribution in [3.63, 3.8) is 0 Å². The third kappa shape index (κ3) is 3.66. The van der Waals surface area contributed by atoms with Crippen LogP contribution in [0.1, 0.15) is 31.7 Å². The Kier molecular flexibility index (Phi) is 5.32. The highest BCUT2D eigenvalue weighted by Gasteiger charge is 2.41. The molecule has 0 radical (unpaired) electrons. The number of carbonyl (C=O) groups is 1. The first-order valence-electron chi connectivity index (χ1n) is 9.93. The fraction of sp³-hybridized carbons (Fsp3) is 0.500. The number of rotatable bonds is 6. The van der Waals surface area contributed by atoms with Crippen LogP contribution in [0.4, 0.5) is 0 Å². The maximum Gasteiger partial charge on any atom is 0.239 e. The van der Waals surface area contributed by atoms with Crippen molar-refractivity contribution < 1.29 is 14.3 Å². The summed E-state index contributed by atoms with van der Waals surface area (Å²) in [5.74, 6) is 0.997. The largest absolute Gasteiger partial charge is 0.493 e. The smallest absolute Gasteiger partial charge is 0.239 e. The van der Waals surface area contributed by atoms with E-state index in [2.05, 4.69) is 30.4 Å². The average Bonchev–Trinajstić information content (AvgIpc) is 3.29. The van der Waals surface area contributed by atoms with Gasteiger partial charge in [-0.05, 0) is 36.1 Å². The molecule has 5 heteroatoms. The van der Waals surface area contributed by atoms with E-state index in [1.54, 1.807) is 0 Å². The molecule has 144 valence electrons. The van der Waals surface area contributed by atoms with Gasteiger partial charge in [0.1, 0.15) is 5.75 Å². The second kappa shape index (κ2) is 7.87. The van der Waals surface area contributed by atoms with Crippen molar-refractivity contribution >= 4 is 16.7 Å². The summed E-state index contributed by atoms with van der Waals surface area (Å²) in [7, 11) is 1.88. The van der Waals surface area contributed by atoms with Crippen LogP contribution in [0.2, 0.25) is 0 Å². The summed E-state index contributed by atoms with van der Waals surface area (Å²) in [5, 5.41) is 5.77. The predicted octanol–water partition coefficient (Wildman–Crippen LogP) is 3.11. The van der Waals surface area contributed by atoms with Crippen molar-refractivity contribution in [1.29, 1.82) is 0 Å². The highest BCUT2D eigenvalue weighted by atomic mass is 16.5. The lowest BCUT2D eigenvalue weighted by atomic mass is 10.0. The maximum absolute atomic E-state index is 13.0. The summed E-state index contributed by atoms with van der Waals surface area (Å²) in [6, 6.07) is 12.6. The summed E-state index contributed by atoms with van der Waals surface area (Å²) in [6.07, 6.45) is 2.91. The quantitative estimate of drug-likeness (QED) is 0.851. The van der Waals surface area contributed by atoms with Gasteiger partial charge in [-0.1, -0.05) is 37.3 Å². The lowest BCUT2D eigenvalue weighted by molar-refractivity contribution is -0.132. The maximum atomic E-state index is 13.0. The van der Waals surface area contributed by atoms with Crippen molar-refractivity contribution in [1.82, 2.24) is 10.2 Å². The van der Waals surface area contributed by atoms with Crippen LogP contribution >= 0.6 is 0 Å². The highest BCUT2D eigenvalue weighted by Crippen LogP contribution is 2.30. The zero-order valence-electron chi connectivity index (χ0n) is 16.1. The first-order valence-corrected chi connectivity index (χ1v) is 9.93. The van der Waals surface area contributed by atoms with Crippen LogP contribution < -0.4 is 10.1 Å². The number of fused-ring (bicyclic) bond motifs is 2. The molecule has 2 fully saturated rings. The molecule has 2 heterocycles. The van der Waals surface area contributed by atoms with Crippen molar-refractivity contribution in [3.8, 4) is 5.75 Å². The van der Waals surface area contributed by atoms with Gasteiger partial charge >= 0.3 is 0 Å². The Morgan fingerprint density at radius 3 is 2.96 bits per heavy atom. The number of hydrogen-bond donors (Lipinski definition) is 1. The zero-order chi connectivity index (χ0) is 18.8. The SMILES string of the molecule is CCCOc1ccc2ccccc2c1CN(C)C(=O)[C@@H]1C[C@@H]2OCC[C@@H]2N1. The van der Waals surface area contributed by atoms with Gasteiger partial charge in [-0.2, -0.15) is 0 Å². The van der Waals surface area contributed by atoms with E-state index in [0.717, 1.165) is 42.6 Å². The van der Waals surface area contributed by atoms with Crippen LogP contribution in [0.25, 0.3) is 10.8 Å². The van der Waals surface area contributed by atoms with Crippen molar-refractivity contribution in [3.05, 3.63) is 42.0 Å². The number of nitrogens with zero attached hydrogens (tertiary/aromatic N) is 1. The molecule has 0 bridgehead atoms. The van der Waals surface area contributed by atoms with Gasteiger partial charge in [0.15, 0.2) is 0 Å². The summed E-state index contributed by atoms with van der Waals surface area (Å²) >= 11 is 0. The Balaban J connectivity index is 1.55. The van der Waals surface area contributed by atoms with Gasteiger partial charge in [-0.15, -0.1) is 0 Å². The molecule has 0 aromatic heterocycles. The number of ether oxygens (including phenoxy) is 2. The van der Waals surface area contributed by atoms with Gasteiger partial charge in [-0.3, -0.25) is 4.79 Å². The summed E-state index contributed by atoms with van der Waals surface area (Å²) in [4.78, 5) is 14.8. The second-order valence-corrected chi connectivity index (χ2v) is 7.57. The molecule has 1 amide bonds. The number of benzene rings is 2. The minimum atomic E-state index is -0.153. The molecule has 2 aromatic rings. The number of amides is 1. The highest BCUT2D eigenvalue weighted by molar-refractivity contribution is 5.89. The lowest BCUT2D eigenvalue weighted by Crippen LogP contribution is -2.43. The minimum absolute atomic E-state index is 0.127. The Morgan fingerprint density at radius 2 is 2.15 bits per heavy atom. The van der Waals surface area contributed by atoms with E-state index in [-0.39, 0.29) is 18.1 Å². The first-order chi connectivity index (χ1) is 13.2. The summed E-state index contributed by atoms with van der Waals surface area (Å²) in [6.45, 7) is 4.11. The molecule has 27 heavy (non-hydrogen) atoms. The molecule has 4 rings (SSSR count). The van der Waals surface area contributed by atoms with E-state index in [1.807, 2.05) is 30.1 Å². The normalized spacial score (nSPS) is 24.1. The molecule has 0 unspecified atom stereocenters. The van der Waals surface area contributed by atoms with E-state index in [0.29, 0.717) is 19.2 Å². The molecule has 5 nitrogen and oxygen atoms in total. The predicted molar refractivity (Wildman–Crippen MR) is 106 cm³/mol. The molecule has 0 spiro atoms. The summed E-state index contributed by atoms with van der Waals surface area (Å²) < 4.78 is 11.7. The standard InChI is InChI=1S/C22H28N2O3/c1-3-11-26-20-9-8-15-6-4-5-7-16(15)17(20)14-24(2)22(25)19-13-21-18(23-19)10-12-27-21/h4-9,18-19,21,23H,3,10-14H2,1-2H3/t18-,19-,21-/m0/s1. The van der Waals surface area contributed by atoms with Gasteiger partial charge in [0.2, 0.25) is 5.91 Å². The van der Waals surface area contributed by atoms with Crippen molar-refractivity contribution in [2.75, 3.05) is 20.3 Å². The fourth-order valence-corrected chi connectivity index (χ4v) is 4.21. The van der Waals surface area contributed by atoms with E-state index in [1.165, 1.54) is 5.39 Å². The molecular formula is C22H28N2O3. The van der Waals surface area contributed by atoms with E-state index in [4.69, 9.17) is 9.47 Å². The number of likely N-dealkylation sites (N-methyl/N-ethyl adjacent to an activating group) is 1. The fourth-order valence-electron chi connectivity index (χ4n) is 4.21. The Labute approximate surface area is 160 Å². The summed E-state index contributed by atoms with van der Waals surface area (Å²) in [5.41, 5.74) is 1.08.